The Hall–Kier alpha value is -4.14. The molecule has 1 heterocycles. The second-order valence-corrected chi connectivity index (χ2v) is 6.78. The second kappa shape index (κ2) is 11.3. The van der Waals surface area contributed by atoms with Crippen LogP contribution in [0, 0.1) is 0 Å². The smallest absolute Gasteiger partial charge is 0.419 e. The van der Waals surface area contributed by atoms with Gasteiger partial charge < -0.3 is 19.5 Å². The Bertz CT molecular complexity index is 1040. The lowest BCUT2D eigenvalue weighted by atomic mass is 10.1. The lowest BCUT2D eigenvalue weighted by molar-refractivity contribution is -0.143. The Balaban J connectivity index is 1.60. The SMILES string of the molecule is COC(=O)[C@H](Cc1cncn1C(=O)OCc1ccccc1)NC(=O)OCc1ccccc1. The Kier molecular flexibility index (Phi) is 7.96. The number of aromatic nitrogens is 2. The first-order chi connectivity index (χ1) is 15.6. The maximum absolute atomic E-state index is 12.5. The van der Waals surface area contributed by atoms with Gasteiger partial charge in [-0.15, -0.1) is 0 Å². The highest BCUT2D eigenvalue weighted by Gasteiger charge is 2.25. The van der Waals surface area contributed by atoms with Crippen molar-refractivity contribution in [2.45, 2.75) is 25.7 Å². The number of ether oxygens (including phenoxy) is 3. The maximum atomic E-state index is 12.5. The number of carbonyl (C=O) groups is 3. The van der Waals surface area contributed by atoms with Gasteiger partial charge in [0.25, 0.3) is 0 Å². The topological polar surface area (TPSA) is 109 Å². The molecule has 2 aromatic carbocycles. The van der Waals surface area contributed by atoms with Gasteiger partial charge in [0, 0.05) is 12.6 Å². The van der Waals surface area contributed by atoms with E-state index in [0.717, 1.165) is 11.1 Å². The number of imidazole rings is 1. The van der Waals surface area contributed by atoms with E-state index in [4.69, 9.17) is 14.2 Å². The van der Waals surface area contributed by atoms with Gasteiger partial charge >= 0.3 is 18.2 Å². The van der Waals surface area contributed by atoms with Gasteiger partial charge in [0.2, 0.25) is 0 Å². The molecule has 0 saturated heterocycles. The number of hydrogen-bond donors (Lipinski definition) is 1. The molecule has 0 aliphatic rings. The number of benzene rings is 2. The summed E-state index contributed by atoms with van der Waals surface area (Å²) in [7, 11) is 1.21. The van der Waals surface area contributed by atoms with E-state index >= 15 is 0 Å². The van der Waals surface area contributed by atoms with E-state index in [-0.39, 0.29) is 19.6 Å². The van der Waals surface area contributed by atoms with Crippen LogP contribution in [-0.2, 0) is 38.6 Å². The van der Waals surface area contributed by atoms with Crippen LogP contribution in [0.4, 0.5) is 9.59 Å². The first-order valence-electron chi connectivity index (χ1n) is 9.84. The largest absolute Gasteiger partial charge is 0.467 e. The van der Waals surface area contributed by atoms with Gasteiger partial charge in [0.05, 0.1) is 12.8 Å². The molecule has 0 fully saturated rings. The molecule has 1 atom stereocenters. The second-order valence-electron chi connectivity index (χ2n) is 6.78. The van der Waals surface area contributed by atoms with Crippen molar-refractivity contribution in [1.29, 1.82) is 0 Å². The number of amides is 1. The molecule has 3 aromatic rings. The number of nitrogens with one attached hydrogen (secondary N) is 1. The average molecular weight is 437 g/mol. The number of nitrogens with zero attached hydrogens (tertiary/aromatic N) is 2. The molecule has 9 nitrogen and oxygen atoms in total. The summed E-state index contributed by atoms with van der Waals surface area (Å²) in [5.74, 6) is -0.688. The van der Waals surface area contributed by atoms with Crippen molar-refractivity contribution in [2.24, 2.45) is 0 Å². The van der Waals surface area contributed by atoms with Gasteiger partial charge in [-0.1, -0.05) is 60.7 Å². The van der Waals surface area contributed by atoms with Crippen molar-refractivity contribution in [1.82, 2.24) is 14.9 Å². The minimum Gasteiger partial charge on any atom is -0.467 e. The summed E-state index contributed by atoms with van der Waals surface area (Å²) in [5.41, 5.74) is 2.00. The summed E-state index contributed by atoms with van der Waals surface area (Å²) >= 11 is 0. The third kappa shape index (κ3) is 6.43. The molecule has 0 aliphatic carbocycles. The highest BCUT2D eigenvalue weighted by Crippen LogP contribution is 2.09. The molecule has 0 spiro atoms. The monoisotopic (exact) mass is 437 g/mol. The average Bonchev–Trinajstić information content (AvgIpc) is 3.30. The molecule has 3 rings (SSSR count). The van der Waals surface area contributed by atoms with Crippen molar-refractivity contribution in [2.75, 3.05) is 7.11 Å². The fraction of sp³-hybridized carbons (Fsp3) is 0.217. The van der Waals surface area contributed by atoms with Gasteiger partial charge in [-0.3, -0.25) is 0 Å². The Morgan fingerprint density at radius 2 is 1.53 bits per heavy atom. The highest BCUT2D eigenvalue weighted by atomic mass is 16.6. The van der Waals surface area contributed by atoms with Crippen molar-refractivity contribution >= 4 is 18.2 Å². The van der Waals surface area contributed by atoms with Gasteiger partial charge in [0.15, 0.2) is 0 Å². The van der Waals surface area contributed by atoms with Crippen LogP contribution in [0.3, 0.4) is 0 Å². The Morgan fingerprint density at radius 3 is 2.12 bits per heavy atom. The van der Waals surface area contributed by atoms with E-state index < -0.39 is 24.2 Å². The molecule has 0 radical (unpaired) electrons. The van der Waals surface area contributed by atoms with Crippen molar-refractivity contribution < 1.29 is 28.6 Å². The fourth-order valence-electron chi connectivity index (χ4n) is 2.88. The molecule has 0 bridgehead atoms. The van der Waals surface area contributed by atoms with Crippen LogP contribution in [0.5, 0.6) is 0 Å². The molecule has 0 unspecified atom stereocenters. The lowest BCUT2D eigenvalue weighted by Crippen LogP contribution is -2.43. The number of esters is 1. The molecule has 1 N–H and O–H groups in total. The van der Waals surface area contributed by atoms with Gasteiger partial charge in [0.1, 0.15) is 25.6 Å². The molecular weight excluding hydrogens is 414 g/mol. The minimum atomic E-state index is -1.08. The van der Waals surface area contributed by atoms with E-state index in [1.54, 1.807) is 0 Å². The number of carbonyl (C=O) groups excluding carboxylic acids is 3. The lowest BCUT2D eigenvalue weighted by Gasteiger charge is -2.17. The van der Waals surface area contributed by atoms with Crippen LogP contribution < -0.4 is 5.32 Å². The van der Waals surface area contributed by atoms with E-state index in [1.807, 2.05) is 60.7 Å². The van der Waals surface area contributed by atoms with Crippen molar-refractivity contribution in [3.8, 4) is 0 Å². The van der Waals surface area contributed by atoms with E-state index in [2.05, 4.69) is 10.3 Å². The van der Waals surface area contributed by atoms with Gasteiger partial charge in [-0.25, -0.2) is 23.9 Å². The third-order valence-electron chi connectivity index (χ3n) is 4.52. The van der Waals surface area contributed by atoms with E-state index in [9.17, 15) is 14.4 Å². The number of alkyl carbamates (subject to hydrolysis) is 1. The van der Waals surface area contributed by atoms with Crippen LogP contribution in [0.2, 0.25) is 0 Å². The summed E-state index contributed by atoms with van der Waals surface area (Å²) < 4.78 is 16.4. The Morgan fingerprint density at radius 1 is 0.938 bits per heavy atom. The van der Waals surface area contributed by atoms with Crippen LogP contribution in [0.25, 0.3) is 0 Å². The molecule has 166 valence electrons. The minimum absolute atomic E-state index is 0.0459. The summed E-state index contributed by atoms with van der Waals surface area (Å²) in [6.07, 6.45) is 1.20. The van der Waals surface area contributed by atoms with Crippen molar-refractivity contribution in [3.63, 3.8) is 0 Å². The molecule has 1 aromatic heterocycles. The Labute approximate surface area is 184 Å². The van der Waals surface area contributed by atoms with Crippen molar-refractivity contribution in [3.05, 3.63) is 90.0 Å². The van der Waals surface area contributed by atoms with Gasteiger partial charge in [-0.2, -0.15) is 0 Å². The van der Waals surface area contributed by atoms with E-state index in [1.165, 1.54) is 24.2 Å². The zero-order valence-corrected chi connectivity index (χ0v) is 17.5. The number of hydrogen-bond acceptors (Lipinski definition) is 7. The molecule has 1 amide bonds. The predicted molar refractivity (Wildman–Crippen MR) is 114 cm³/mol. The number of rotatable bonds is 8. The van der Waals surface area contributed by atoms with Crippen LogP contribution in [0.15, 0.2) is 73.2 Å². The normalized spacial score (nSPS) is 11.3. The first-order valence-corrected chi connectivity index (χ1v) is 9.84. The molecule has 9 heteroatoms. The molecule has 0 aliphatic heterocycles. The predicted octanol–water partition coefficient (Wildman–Crippen LogP) is 3.08. The molecule has 32 heavy (non-hydrogen) atoms. The summed E-state index contributed by atoms with van der Waals surface area (Å²) in [5, 5.41) is 2.47. The zero-order chi connectivity index (χ0) is 22.8. The zero-order valence-electron chi connectivity index (χ0n) is 17.5. The quantitative estimate of drug-likeness (QED) is 0.426. The summed E-state index contributed by atoms with van der Waals surface area (Å²) in [4.78, 5) is 40.8. The standard InChI is InChI=1S/C23H23N3O6/c1-30-21(27)20(25-22(28)31-14-17-8-4-2-5-9-17)12-19-13-24-16-26(19)23(29)32-15-18-10-6-3-7-11-18/h2-11,13,16,20H,12,14-15H2,1H3,(H,25,28)/t20-/m0/s1. The maximum Gasteiger partial charge on any atom is 0.419 e. The summed E-state index contributed by atoms with van der Waals surface area (Å²) in [6.45, 7) is 0.131. The highest BCUT2D eigenvalue weighted by molar-refractivity contribution is 5.81. The van der Waals surface area contributed by atoms with Crippen LogP contribution >= 0.6 is 0 Å². The molecule has 0 saturated carbocycles. The first kappa shape index (κ1) is 22.5. The van der Waals surface area contributed by atoms with Crippen LogP contribution in [0.1, 0.15) is 16.8 Å². The number of methoxy groups -OCH3 is 1. The van der Waals surface area contributed by atoms with E-state index in [0.29, 0.717) is 5.69 Å². The van der Waals surface area contributed by atoms with Gasteiger partial charge in [-0.05, 0) is 11.1 Å². The molecular formula is C23H23N3O6. The summed E-state index contributed by atoms with van der Waals surface area (Å²) in [6, 6.07) is 17.3. The third-order valence-corrected chi connectivity index (χ3v) is 4.52. The fourth-order valence-corrected chi connectivity index (χ4v) is 2.88. The van der Waals surface area contributed by atoms with Crippen LogP contribution in [-0.4, -0.2) is 40.9 Å².